The van der Waals surface area contributed by atoms with E-state index in [1.54, 1.807) is 6.07 Å². The molecule has 26 heavy (non-hydrogen) atoms. The van der Waals surface area contributed by atoms with Crippen LogP contribution in [0, 0.1) is 11.6 Å². The molecule has 1 aliphatic rings. The van der Waals surface area contributed by atoms with Gasteiger partial charge in [-0.3, -0.25) is 4.79 Å². The van der Waals surface area contributed by atoms with E-state index in [2.05, 4.69) is 10.6 Å². The van der Waals surface area contributed by atoms with Gasteiger partial charge in [-0.15, -0.1) is 0 Å². The minimum Gasteiger partial charge on any atom is -0.493 e. The molecule has 1 heterocycles. The molecule has 0 spiro atoms. The number of hydrogen-bond acceptors (Lipinski definition) is 3. The fraction of sp³-hybridized carbons (Fsp3) is 0.350. The molecule has 0 aliphatic carbocycles. The molecule has 6 heteroatoms. The molecule has 1 amide bonds. The first kappa shape index (κ1) is 18.3. The highest BCUT2D eigenvalue weighted by atomic mass is 19.2. The number of ether oxygens (including phenoxy) is 1. The summed E-state index contributed by atoms with van der Waals surface area (Å²) in [5.74, 6) is -1.17. The van der Waals surface area contributed by atoms with Crippen LogP contribution in [0.3, 0.4) is 0 Å². The van der Waals surface area contributed by atoms with E-state index in [1.807, 2.05) is 30.3 Å². The number of benzene rings is 2. The highest BCUT2D eigenvalue weighted by Crippen LogP contribution is 2.27. The normalized spacial score (nSPS) is 19.8. The summed E-state index contributed by atoms with van der Waals surface area (Å²) in [5, 5.41) is 6.22. The monoisotopic (exact) mass is 360 g/mol. The third-order valence-corrected chi connectivity index (χ3v) is 4.54. The maximum atomic E-state index is 13.6. The van der Waals surface area contributed by atoms with Crippen LogP contribution in [0.25, 0.3) is 0 Å². The van der Waals surface area contributed by atoms with Crippen LogP contribution < -0.4 is 15.4 Å². The van der Waals surface area contributed by atoms with Crippen molar-refractivity contribution in [1.82, 2.24) is 10.6 Å². The van der Waals surface area contributed by atoms with Crippen LogP contribution in [0.5, 0.6) is 5.75 Å². The number of piperidine rings is 1. The molecule has 1 aliphatic heterocycles. The van der Waals surface area contributed by atoms with Crippen molar-refractivity contribution >= 4 is 5.91 Å². The third-order valence-electron chi connectivity index (χ3n) is 4.54. The van der Waals surface area contributed by atoms with Gasteiger partial charge in [0, 0.05) is 18.5 Å². The maximum absolute atomic E-state index is 13.6. The van der Waals surface area contributed by atoms with Crippen molar-refractivity contribution in [3.8, 4) is 5.75 Å². The van der Waals surface area contributed by atoms with Gasteiger partial charge >= 0.3 is 0 Å². The van der Waals surface area contributed by atoms with Crippen molar-refractivity contribution in [3.05, 3.63) is 65.7 Å². The largest absolute Gasteiger partial charge is 0.493 e. The van der Waals surface area contributed by atoms with Crippen LogP contribution in [0.15, 0.2) is 48.5 Å². The summed E-state index contributed by atoms with van der Waals surface area (Å²) in [6.07, 6.45) is 0.979. The lowest BCUT2D eigenvalue weighted by Gasteiger charge is -2.33. The Morgan fingerprint density at radius 1 is 1.15 bits per heavy atom. The molecule has 0 aromatic heterocycles. The summed E-state index contributed by atoms with van der Waals surface area (Å²) in [6.45, 7) is 1.65. The van der Waals surface area contributed by atoms with E-state index < -0.39 is 11.6 Å². The number of nitrogens with one attached hydrogen (secondary N) is 2. The average molecular weight is 360 g/mol. The van der Waals surface area contributed by atoms with E-state index in [0.29, 0.717) is 12.1 Å². The van der Waals surface area contributed by atoms with Crippen molar-refractivity contribution in [2.45, 2.75) is 24.8 Å². The van der Waals surface area contributed by atoms with Crippen molar-refractivity contribution < 1.29 is 18.3 Å². The Kier molecular flexibility index (Phi) is 6.17. The zero-order valence-corrected chi connectivity index (χ0v) is 14.4. The van der Waals surface area contributed by atoms with Gasteiger partial charge < -0.3 is 15.4 Å². The molecule has 2 unspecified atom stereocenters. The molecule has 2 aromatic carbocycles. The van der Waals surface area contributed by atoms with E-state index in [9.17, 15) is 13.6 Å². The predicted molar refractivity (Wildman–Crippen MR) is 95.1 cm³/mol. The fourth-order valence-electron chi connectivity index (χ4n) is 3.21. The van der Waals surface area contributed by atoms with Gasteiger partial charge in [0.05, 0.1) is 13.0 Å². The average Bonchev–Trinajstić information content (AvgIpc) is 2.65. The molecule has 2 N–H and O–H groups in total. The highest BCUT2D eigenvalue weighted by Gasteiger charge is 2.28. The minimum absolute atomic E-state index is 0.0506. The lowest BCUT2D eigenvalue weighted by Crippen LogP contribution is -2.50. The molecule has 0 radical (unpaired) electrons. The van der Waals surface area contributed by atoms with E-state index in [-0.39, 0.29) is 30.9 Å². The topological polar surface area (TPSA) is 50.4 Å². The second-order valence-corrected chi connectivity index (χ2v) is 6.36. The standard InChI is InChI=1S/C20H22F2N2O2/c21-17-7-6-14(12-18(17)22)16-8-10-23-13-19(16)24-20(25)9-11-26-15-4-2-1-3-5-15/h1-7,12,16,19,23H,8-11,13H2,(H,24,25). The Labute approximate surface area is 151 Å². The molecule has 4 nitrogen and oxygen atoms in total. The van der Waals surface area contributed by atoms with Gasteiger partial charge in [0.2, 0.25) is 5.91 Å². The minimum atomic E-state index is -0.860. The number of carbonyl (C=O) groups excluding carboxylic acids is 1. The van der Waals surface area contributed by atoms with Crippen LogP contribution in [0.1, 0.15) is 24.3 Å². The van der Waals surface area contributed by atoms with Gasteiger partial charge in [0.15, 0.2) is 11.6 Å². The van der Waals surface area contributed by atoms with Crippen molar-refractivity contribution in [2.24, 2.45) is 0 Å². The van der Waals surface area contributed by atoms with Crippen molar-refractivity contribution in [3.63, 3.8) is 0 Å². The van der Waals surface area contributed by atoms with Crippen LogP contribution in [-0.2, 0) is 4.79 Å². The van der Waals surface area contributed by atoms with E-state index in [4.69, 9.17) is 4.74 Å². The van der Waals surface area contributed by atoms with Gasteiger partial charge in [-0.25, -0.2) is 8.78 Å². The second kappa shape index (κ2) is 8.76. The zero-order chi connectivity index (χ0) is 18.4. The van der Waals surface area contributed by atoms with Crippen LogP contribution in [0.2, 0.25) is 0 Å². The zero-order valence-electron chi connectivity index (χ0n) is 14.4. The lowest BCUT2D eigenvalue weighted by molar-refractivity contribution is -0.122. The lowest BCUT2D eigenvalue weighted by atomic mass is 9.86. The van der Waals surface area contributed by atoms with Gasteiger partial charge in [0.25, 0.3) is 0 Å². The molecule has 2 aromatic rings. The molecular weight excluding hydrogens is 338 g/mol. The predicted octanol–water partition coefficient (Wildman–Crippen LogP) is 3.00. The molecule has 138 valence electrons. The number of para-hydroxylation sites is 1. The number of hydrogen-bond donors (Lipinski definition) is 2. The summed E-state index contributed by atoms with van der Waals surface area (Å²) in [4.78, 5) is 12.2. The van der Waals surface area contributed by atoms with Gasteiger partial charge in [-0.05, 0) is 42.8 Å². The Morgan fingerprint density at radius 3 is 2.73 bits per heavy atom. The smallest absolute Gasteiger partial charge is 0.223 e. The van der Waals surface area contributed by atoms with Crippen LogP contribution >= 0.6 is 0 Å². The maximum Gasteiger partial charge on any atom is 0.223 e. The first-order valence-corrected chi connectivity index (χ1v) is 8.76. The summed E-state index contributed by atoms with van der Waals surface area (Å²) in [7, 11) is 0. The summed E-state index contributed by atoms with van der Waals surface area (Å²) < 4.78 is 32.3. The molecule has 1 saturated heterocycles. The molecule has 0 saturated carbocycles. The van der Waals surface area contributed by atoms with Crippen LogP contribution in [0.4, 0.5) is 8.78 Å². The Bertz CT molecular complexity index is 740. The van der Waals surface area contributed by atoms with E-state index in [1.165, 1.54) is 6.07 Å². The first-order valence-electron chi connectivity index (χ1n) is 8.76. The fourth-order valence-corrected chi connectivity index (χ4v) is 3.21. The molecule has 0 bridgehead atoms. The van der Waals surface area contributed by atoms with Gasteiger partial charge in [0.1, 0.15) is 5.75 Å². The SMILES string of the molecule is O=C(CCOc1ccccc1)NC1CNCCC1c1ccc(F)c(F)c1. The second-order valence-electron chi connectivity index (χ2n) is 6.36. The first-order chi connectivity index (χ1) is 12.6. The summed E-state index contributed by atoms with van der Waals surface area (Å²) in [6, 6.07) is 13.1. The number of rotatable bonds is 6. The van der Waals surface area contributed by atoms with E-state index in [0.717, 1.165) is 24.8 Å². The van der Waals surface area contributed by atoms with Crippen LogP contribution in [-0.4, -0.2) is 31.6 Å². The number of amides is 1. The van der Waals surface area contributed by atoms with E-state index >= 15 is 0 Å². The Morgan fingerprint density at radius 2 is 1.96 bits per heavy atom. The molecule has 1 fully saturated rings. The molecule has 2 atom stereocenters. The van der Waals surface area contributed by atoms with Crippen molar-refractivity contribution in [2.75, 3.05) is 19.7 Å². The quantitative estimate of drug-likeness (QED) is 0.833. The number of halogens is 2. The molecule has 3 rings (SSSR count). The van der Waals surface area contributed by atoms with Gasteiger partial charge in [-0.1, -0.05) is 24.3 Å². The highest BCUT2D eigenvalue weighted by molar-refractivity contribution is 5.76. The summed E-state index contributed by atoms with van der Waals surface area (Å²) in [5.41, 5.74) is 0.705. The molecular formula is C20H22F2N2O2. The Balaban J connectivity index is 1.55. The third kappa shape index (κ3) is 4.79. The number of carbonyl (C=O) groups is 1. The summed E-state index contributed by atoms with van der Waals surface area (Å²) >= 11 is 0. The Hall–Kier alpha value is -2.47. The van der Waals surface area contributed by atoms with Gasteiger partial charge in [-0.2, -0.15) is 0 Å². The van der Waals surface area contributed by atoms with Crippen molar-refractivity contribution in [1.29, 1.82) is 0 Å².